The first kappa shape index (κ1) is 20.9. The molecule has 0 saturated carbocycles. The lowest BCUT2D eigenvalue weighted by molar-refractivity contribution is -0.176. The molecule has 0 spiro atoms. The maximum atomic E-state index is 11.4. The minimum atomic E-state index is -2.19. The van der Waals surface area contributed by atoms with Crippen molar-refractivity contribution in [1.29, 1.82) is 0 Å². The van der Waals surface area contributed by atoms with Gasteiger partial charge in [0.1, 0.15) is 18.3 Å². The van der Waals surface area contributed by atoms with Crippen LogP contribution in [-0.2, 0) is 14.3 Å². The fourth-order valence-electron chi connectivity index (χ4n) is 1.76. The van der Waals surface area contributed by atoms with E-state index in [-0.39, 0.29) is 6.42 Å². The van der Waals surface area contributed by atoms with Crippen molar-refractivity contribution in [3.63, 3.8) is 0 Å². The molecule has 0 saturated heterocycles. The summed E-state index contributed by atoms with van der Waals surface area (Å²) < 4.78 is 4.36. The molecule has 0 heterocycles. The molecule has 0 unspecified atom stereocenters. The number of carbonyl (C=O) groups excluding carboxylic acids is 2. The SMILES string of the molecule is CCCCCCCC(=O)OC(=O)[C@H](O)[C@@H](O)[C@H](O)[C@H](O)CO. The van der Waals surface area contributed by atoms with Crippen LogP contribution in [-0.4, -0.2) is 68.5 Å². The molecule has 0 aliphatic carbocycles. The van der Waals surface area contributed by atoms with Gasteiger partial charge >= 0.3 is 11.9 Å². The number of esters is 2. The normalized spacial score (nSPS) is 16.6. The fourth-order valence-corrected chi connectivity index (χ4v) is 1.76. The van der Waals surface area contributed by atoms with Gasteiger partial charge in [0.15, 0.2) is 6.10 Å². The predicted molar refractivity (Wildman–Crippen MR) is 75.6 cm³/mol. The summed E-state index contributed by atoms with van der Waals surface area (Å²) in [7, 11) is 0. The summed E-state index contributed by atoms with van der Waals surface area (Å²) in [6, 6.07) is 0. The van der Waals surface area contributed by atoms with Crippen molar-refractivity contribution in [1.82, 2.24) is 0 Å². The highest BCUT2D eigenvalue weighted by atomic mass is 16.6. The van der Waals surface area contributed by atoms with Gasteiger partial charge in [-0.3, -0.25) is 4.79 Å². The molecule has 22 heavy (non-hydrogen) atoms. The van der Waals surface area contributed by atoms with Gasteiger partial charge in [0.05, 0.1) is 6.61 Å². The van der Waals surface area contributed by atoms with Crippen molar-refractivity contribution < 1.29 is 39.9 Å². The number of aliphatic hydroxyl groups excluding tert-OH is 5. The summed E-state index contributed by atoms with van der Waals surface area (Å²) >= 11 is 0. The number of ether oxygens (including phenoxy) is 1. The molecule has 4 atom stereocenters. The third-order valence-electron chi connectivity index (χ3n) is 3.20. The Morgan fingerprint density at radius 3 is 2.09 bits per heavy atom. The maximum absolute atomic E-state index is 11.4. The van der Waals surface area contributed by atoms with E-state index in [4.69, 9.17) is 10.2 Å². The van der Waals surface area contributed by atoms with Crippen molar-refractivity contribution in [2.45, 2.75) is 69.9 Å². The minimum absolute atomic E-state index is 0.0140. The number of rotatable bonds is 11. The monoisotopic (exact) mass is 322 g/mol. The molecule has 130 valence electrons. The molecule has 0 aliphatic rings. The van der Waals surface area contributed by atoms with Gasteiger partial charge in [-0.25, -0.2) is 4.79 Å². The van der Waals surface area contributed by atoms with Crippen LogP contribution in [0, 0.1) is 0 Å². The van der Waals surface area contributed by atoms with Gasteiger partial charge in [0.2, 0.25) is 0 Å². The number of unbranched alkanes of at least 4 members (excludes halogenated alkanes) is 4. The number of hydrogen-bond donors (Lipinski definition) is 5. The third-order valence-corrected chi connectivity index (χ3v) is 3.20. The van der Waals surface area contributed by atoms with Crippen LogP contribution in [0.1, 0.15) is 45.4 Å². The molecule has 0 fully saturated rings. The lowest BCUT2D eigenvalue weighted by Crippen LogP contribution is -2.49. The molecule has 8 nitrogen and oxygen atoms in total. The second kappa shape index (κ2) is 11.5. The van der Waals surface area contributed by atoms with Crippen molar-refractivity contribution >= 4 is 11.9 Å². The molecule has 0 aromatic heterocycles. The van der Waals surface area contributed by atoms with E-state index in [1.54, 1.807) is 0 Å². The van der Waals surface area contributed by atoms with Crippen LogP contribution in [0.4, 0.5) is 0 Å². The molecule has 0 bridgehead atoms. The molecule has 8 heteroatoms. The van der Waals surface area contributed by atoms with Crippen LogP contribution >= 0.6 is 0 Å². The topological polar surface area (TPSA) is 145 Å². The Bertz CT molecular complexity index is 333. The van der Waals surface area contributed by atoms with Gasteiger partial charge in [0.25, 0.3) is 0 Å². The van der Waals surface area contributed by atoms with Crippen LogP contribution in [0.2, 0.25) is 0 Å². The molecule has 0 rings (SSSR count). The van der Waals surface area contributed by atoms with E-state index in [2.05, 4.69) is 11.7 Å². The minimum Gasteiger partial charge on any atom is -0.394 e. The van der Waals surface area contributed by atoms with Crippen molar-refractivity contribution in [3.05, 3.63) is 0 Å². The second-order valence-electron chi connectivity index (χ2n) is 5.13. The van der Waals surface area contributed by atoms with Gasteiger partial charge in [-0.15, -0.1) is 0 Å². The summed E-state index contributed by atoms with van der Waals surface area (Å²) in [5.74, 6) is -2.24. The molecule has 0 aromatic carbocycles. The quantitative estimate of drug-likeness (QED) is 0.182. The van der Waals surface area contributed by atoms with Crippen molar-refractivity contribution in [3.8, 4) is 0 Å². The van der Waals surface area contributed by atoms with Gasteiger partial charge in [-0.2, -0.15) is 0 Å². The van der Waals surface area contributed by atoms with Gasteiger partial charge in [-0.05, 0) is 6.42 Å². The molecule has 0 aromatic rings. The van der Waals surface area contributed by atoms with Crippen LogP contribution in [0.15, 0.2) is 0 Å². The highest BCUT2D eigenvalue weighted by molar-refractivity contribution is 5.88. The summed E-state index contributed by atoms with van der Waals surface area (Å²) in [6.45, 7) is 1.19. The van der Waals surface area contributed by atoms with E-state index < -0.39 is 43.0 Å². The standard InChI is InChI=1S/C14H26O8/c1-2-3-4-5-6-7-10(17)22-14(21)13(20)12(19)11(18)9(16)8-15/h9,11-13,15-16,18-20H,2-8H2,1H3/t9-,11-,12+,13-/m1/s1. The zero-order valence-electron chi connectivity index (χ0n) is 12.7. The fraction of sp³-hybridized carbons (Fsp3) is 0.857. The van der Waals surface area contributed by atoms with Gasteiger partial charge < -0.3 is 30.3 Å². The van der Waals surface area contributed by atoms with Gasteiger partial charge in [0, 0.05) is 6.42 Å². The zero-order valence-corrected chi connectivity index (χ0v) is 12.7. The second-order valence-corrected chi connectivity index (χ2v) is 5.13. The third kappa shape index (κ3) is 7.81. The summed E-state index contributed by atoms with van der Waals surface area (Å²) in [6.07, 6.45) is -3.46. The van der Waals surface area contributed by atoms with Crippen LogP contribution < -0.4 is 0 Å². The largest absolute Gasteiger partial charge is 0.394 e. The Morgan fingerprint density at radius 1 is 0.955 bits per heavy atom. The Balaban J connectivity index is 4.15. The van der Waals surface area contributed by atoms with E-state index in [1.807, 2.05) is 0 Å². The van der Waals surface area contributed by atoms with Gasteiger partial charge in [-0.1, -0.05) is 32.6 Å². The van der Waals surface area contributed by atoms with Crippen LogP contribution in [0.5, 0.6) is 0 Å². The smallest absolute Gasteiger partial charge is 0.345 e. The lowest BCUT2D eigenvalue weighted by atomic mass is 10.0. The van der Waals surface area contributed by atoms with Crippen molar-refractivity contribution in [2.75, 3.05) is 6.61 Å². The summed E-state index contributed by atoms with van der Waals surface area (Å²) in [5.41, 5.74) is 0. The van der Waals surface area contributed by atoms with Crippen molar-refractivity contribution in [2.24, 2.45) is 0 Å². The Labute approximate surface area is 129 Å². The Hall–Kier alpha value is -1.06. The van der Waals surface area contributed by atoms with Crippen LogP contribution in [0.3, 0.4) is 0 Å². The maximum Gasteiger partial charge on any atom is 0.345 e. The first-order valence-corrected chi connectivity index (χ1v) is 7.42. The number of carbonyl (C=O) groups is 2. The molecular formula is C14H26O8. The zero-order chi connectivity index (χ0) is 17.1. The lowest BCUT2D eigenvalue weighted by Gasteiger charge is -2.24. The predicted octanol–water partition coefficient (Wildman–Crippen LogP) is -1.15. The molecule has 5 N–H and O–H groups in total. The van der Waals surface area contributed by atoms with E-state index >= 15 is 0 Å². The van der Waals surface area contributed by atoms with E-state index in [0.717, 1.165) is 25.7 Å². The highest BCUT2D eigenvalue weighted by Crippen LogP contribution is 2.09. The van der Waals surface area contributed by atoms with Crippen LogP contribution in [0.25, 0.3) is 0 Å². The average Bonchev–Trinajstić information content (AvgIpc) is 2.51. The molecular weight excluding hydrogens is 296 g/mol. The highest BCUT2D eigenvalue weighted by Gasteiger charge is 2.35. The Kier molecular flexibility index (Phi) is 10.9. The molecule has 0 radical (unpaired) electrons. The number of aliphatic hydroxyl groups is 5. The first-order valence-electron chi connectivity index (χ1n) is 7.42. The van der Waals surface area contributed by atoms with E-state index in [1.165, 1.54) is 0 Å². The summed E-state index contributed by atoms with van der Waals surface area (Å²) in [5, 5.41) is 46.0. The molecule has 0 amide bonds. The Morgan fingerprint density at radius 2 is 1.55 bits per heavy atom. The van der Waals surface area contributed by atoms with E-state index in [0.29, 0.717) is 6.42 Å². The van der Waals surface area contributed by atoms with E-state index in [9.17, 15) is 24.9 Å². The number of hydrogen-bond acceptors (Lipinski definition) is 8. The first-order chi connectivity index (χ1) is 10.3. The molecule has 0 aliphatic heterocycles. The average molecular weight is 322 g/mol. The summed E-state index contributed by atoms with van der Waals surface area (Å²) in [4.78, 5) is 22.8.